The predicted octanol–water partition coefficient (Wildman–Crippen LogP) is 2.46. The molecule has 0 radical (unpaired) electrons. The number of nitrogens with one attached hydrogen (secondary N) is 1. The van der Waals surface area contributed by atoms with Gasteiger partial charge in [-0.3, -0.25) is 4.99 Å². The Morgan fingerprint density at radius 3 is 2.65 bits per heavy atom. The van der Waals surface area contributed by atoms with Crippen LogP contribution in [0.1, 0.15) is 13.3 Å². The minimum atomic E-state index is 0.777. The molecular formula is C17H27ClN4O. The smallest absolute Gasteiger partial charge is 0.193 e. The number of aliphatic imine (C=N–C) groups is 1. The van der Waals surface area contributed by atoms with Crippen molar-refractivity contribution >= 4 is 23.2 Å². The highest BCUT2D eigenvalue weighted by molar-refractivity contribution is 6.33. The van der Waals surface area contributed by atoms with Gasteiger partial charge in [0.25, 0.3) is 0 Å². The maximum absolute atomic E-state index is 6.29. The molecule has 0 amide bonds. The Morgan fingerprint density at radius 1 is 1.26 bits per heavy atom. The fourth-order valence-corrected chi connectivity index (χ4v) is 2.97. The van der Waals surface area contributed by atoms with Gasteiger partial charge in [0.05, 0.1) is 10.7 Å². The molecule has 5 nitrogen and oxygen atoms in total. The Labute approximate surface area is 144 Å². The van der Waals surface area contributed by atoms with Gasteiger partial charge >= 0.3 is 0 Å². The summed E-state index contributed by atoms with van der Waals surface area (Å²) in [5.41, 5.74) is 1.12. The van der Waals surface area contributed by atoms with Crippen molar-refractivity contribution in [2.45, 2.75) is 13.3 Å². The van der Waals surface area contributed by atoms with E-state index in [4.69, 9.17) is 16.3 Å². The van der Waals surface area contributed by atoms with Gasteiger partial charge in [0, 0.05) is 53.0 Å². The summed E-state index contributed by atoms with van der Waals surface area (Å²) < 4.78 is 5.36. The summed E-state index contributed by atoms with van der Waals surface area (Å²) in [5, 5.41) is 4.23. The van der Waals surface area contributed by atoms with Gasteiger partial charge in [0.2, 0.25) is 0 Å². The van der Waals surface area contributed by atoms with Crippen molar-refractivity contribution in [2.24, 2.45) is 4.99 Å². The van der Waals surface area contributed by atoms with Crippen LogP contribution >= 0.6 is 11.6 Å². The molecule has 1 heterocycles. The minimum absolute atomic E-state index is 0.777. The minimum Gasteiger partial charge on any atom is -0.382 e. The van der Waals surface area contributed by atoms with Crippen LogP contribution < -0.4 is 10.2 Å². The van der Waals surface area contributed by atoms with E-state index in [0.29, 0.717) is 0 Å². The Hall–Kier alpha value is -1.46. The Kier molecular flexibility index (Phi) is 7.49. The maximum atomic E-state index is 6.29. The van der Waals surface area contributed by atoms with Crippen LogP contribution in [0.3, 0.4) is 0 Å². The van der Waals surface area contributed by atoms with Crippen LogP contribution in [0.4, 0.5) is 5.69 Å². The van der Waals surface area contributed by atoms with Crippen molar-refractivity contribution in [3.63, 3.8) is 0 Å². The zero-order valence-corrected chi connectivity index (χ0v) is 14.9. The number of rotatable bonds is 6. The van der Waals surface area contributed by atoms with Gasteiger partial charge < -0.3 is 19.9 Å². The standard InChI is InChI=1S/C17H27ClN4O/c1-3-23-14-6-9-20-17(19-2)22-12-10-21(11-13-22)16-8-5-4-7-15(16)18/h4-5,7-8H,3,6,9-14H2,1-2H3,(H,19,20). The van der Waals surface area contributed by atoms with Crippen LogP contribution in [0.15, 0.2) is 29.3 Å². The van der Waals surface area contributed by atoms with Crippen LogP contribution in [0.2, 0.25) is 5.02 Å². The van der Waals surface area contributed by atoms with E-state index in [-0.39, 0.29) is 0 Å². The highest BCUT2D eigenvalue weighted by Crippen LogP contribution is 2.25. The molecule has 1 aliphatic rings. The van der Waals surface area contributed by atoms with Crippen molar-refractivity contribution in [3.8, 4) is 0 Å². The lowest BCUT2D eigenvalue weighted by atomic mass is 10.2. The van der Waals surface area contributed by atoms with E-state index in [0.717, 1.165) is 69.0 Å². The third-order valence-corrected chi connectivity index (χ3v) is 4.26. The molecule has 0 atom stereocenters. The zero-order chi connectivity index (χ0) is 16.5. The molecule has 1 aromatic carbocycles. The second-order valence-corrected chi connectivity index (χ2v) is 5.86. The molecule has 1 fully saturated rings. The van der Waals surface area contributed by atoms with Gasteiger partial charge in [-0.1, -0.05) is 23.7 Å². The van der Waals surface area contributed by atoms with Gasteiger partial charge in [-0.05, 0) is 25.5 Å². The average molecular weight is 339 g/mol. The number of anilines is 1. The van der Waals surface area contributed by atoms with Gasteiger partial charge in [0.15, 0.2) is 5.96 Å². The van der Waals surface area contributed by atoms with Crippen molar-refractivity contribution in [1.29, 1.82) is 0 Å². The van der Waals surface area contributed by atoms with E-state index >= 15 is 0 Å². The molecule has 23 heavy (non-hydrogen) atoms. The summed E-state index contributed by atoms with van der Waals surface area (Å²) in [4.78, 5) is 9.03. The van der Waals surface area contributed by atoms with Crippen LogP contribution in [0.5, 0.6) is 0 Å². The van der Waals surface area contributed by atoms with Crippen LogP contribution in [0.25, 0.3) is 0 Å². The molecule has 0 aromatic heterocycles. The lowest BCUT2D eigenvalue weighted by molar-refractivity contribution is 0.145. The maximum Gasteiger partial charge on any atom is 0.193 e. The van der Waals surface area contributed by atoms with E-state index in [1.165, 1.54) is 0 Å². The summed E-state index contributed by atoms with van der Waals surface area (Å²) in [6, 6.07) is 8.03. The van der Waals surface area contributed by atoms with Crippen LogP contribution in [-0.2, 0) is 4.74 Å². The number of halogens is 1. The number of para-hydroxylation sites is 1. The SMILES string of the molecule is CCOCCCNC(=NC)N1CCN(c2ccccc2Cl)CC1. The molecule has 128 valence electrons. The molecule has 1 aromatic rings. The number of hydrogen-bond acceptors (Lipinski definition) is 3. The highest BCUT2D eigenvalue weighted by atomic mass is 35.5. The number of hydrogen-bond donors (Lipinski definition) is 1. The number of nitrogens with zero attached hydrogens (tertiary/aromatic N) is 3. The summed E-state index contributed by atoms with van der Waals surface area (Å²) >= 11 is 6.29. The highest BCUT2D eigenvalue weighted by Gasteiger charge is 2.20. The van der Waals surface area contributed by atoms with Crippen LogP contribution in [0, 0.1) is 0 Å². The first-order chi connectivity index (χ1) is 11.3. The fraction of sp³-hybridized carbons (Fsp3) is 0.588. The van der Waals surface area contributed by atoms with Crippen molar-refractivity contribution in [1.82, 2.24) is 10.2 Å². The molecule has 1 N–H and O–H groups in total. The molecule has 1 saturated heterocycles. The number of guanidine groups is 1. The summed E-state index contributed by atoms with van der Waals surface area (Å²) in [5.74, 6) is 0.973. The lowest BCUT2D eigenvalue weighted by Gasteiger charge is -2.38. The average Bonchev–Trinajstić information content (AvgIpc) is 2.59. The Bertz CT molecular complexity index is 501. The van der Waals surface area contributed by atoms with Gasteiger partial charge in [-0.2, -0.15) is 0 Å². The molecule has 2 rings (SSSR count). The summed E-state index contributed by atoms with van der Waals surface area (Å²) in [6.07, 6.45) is 0.993. The molecule has 6 heteroatoms. The van der Waals surface area contributed by atoms with E-state index in [9.17, 15) is 0 Å². The molecule has 0 saturated carbocycles. The molecule has 0 spiro atoms. The summed E-state index contributed by atoms with van der Waals surface area (Å²) in [6.45, 7) is 8.25. The number of benzene rings is 1. The van der Waals surface area contributed by atoms with Crippen molar-refractivity contribution in [3.05, 3.63) is 29.3 Å². The normalized spacial score (nSPS) is 15.9. The zero-order valence-electron chi connectivity index (χ0n) is 14.1. The van der Waals surface area contributed by atoms with E-state index < -0.39 is 0 Å². The van der Waals surface area contributed by atoms with E-state index in [2.05, 4.69) is 26.2 Å². The topological polar surface area (TPSA) is 40.1 Å². The first-order valence-electron chi connectivity index (χ1n) is 8.29. The van der Waals surface area contributed by atoms with Gasteiger partial charge in [0.1, 0.15) is 0 Å². The molecule has 0 unspecified atom stereocenters. The quantitative estimate of drug-likeness (QED) is 0.491. The molecule has 0 aliphatic carbocycles. The molecule has 0 bridgehead atoms. The number of piperazine rings is 1. The lowest BCUT2D eigenvalue weighted by Crippen LogP contribution is -2.52. The Morgan fingerprint density at radius 2 is 2.00 bits per heavy atom. The largest absolute Gasteiger partial charge is 0.382 e. The number of ether oxygens (including phenoxy) is 1. The third kappa shape index (κ3) is 5.29. The van der Waals surface area contributed by atoms with Crippen molar-refractivity contribution in [2.75, 3.05) is 57.9 Å². The van der Waals surface area contributed by atoms with Crippen LogP contribution in [-0.4, -0.2) is 63.8 Å². The molecule has 1 aliphatic heterocycles. The summed E-state index contributed by atoms with van der Waals surface area (Å²) in [7, 11) is 1.84. The third-order valence-electron chi connectivity index (χ3n) is 3.94. The monoisotopic (exact) mass is 338 g/mol. The second kappa shape index (κ2) is 9.63. The Balaban J connectivity index is 1.79. The van der Waals surface area contributed by atoms with E-state index in [1.807, 2.05) is 32.2 Å². The van der Waals surface area contributed by atoms with Gasteiger partial charge in [-0.25, -0.2) is 0 Å². The fourth-order valence-electron chi connectivity index (χ4n) is 2.72. The molecular weight excluding hydrogens is 312 g/mol. The predicted molar refractivity (Wildman–Crippen MR) is 97.7 cm³/mol. The first-order valence-corrected chi connectivity index (χ1v) is 8.67. The van der Waals surface area contributed by atoms with Gasteiger partial charge in [-0.15, -0.1) is 0 Å². The first kappa shape index (κ1) is 17.9. The van der Waals surface area contributed by atoms with Crippen molar-refractivity contribution < 1.29 is 4.74 Å². The second-order valence-electron chi connectivity index (χ2n) is 5.45. The van der Waals surface area contributed by atoms with E-state index in [1.54, 1.807) is 0 Å².